The molecule has 0 bridgehead atoms. The number of carbonyl (C=O) groups excluding carboxylic acids is 1. The van der Waals surface area contributed by atoms with Gasteiger partial charge in [0.05, 0.1) is 31.5 Å². The molecule has 372 valence electrons. The zero-order chi connectivity index (χ0) is 47.3. The van der Waals surface area contributed by atoms with Crippen molar-refractivity contribution < 1.29 is 47.9 Å². The van der Waals surface area contributed by atoms with Crippen LogP contribution in [0.25, 0.3) is 0 Å². The second-order valence-corrected chi connectivity index (χ2v) is 19.0. The lowest BCUT2D eigenvalue weighted by atomic mass is 9.55. The van der Waals surface area contributed by atoms with Gasteiger partial charge in [-0.3, -0.25) is 4.90 Å². The number of allylic oxidation sites excluding steroid dienone is 1. The molecular formula is C55H81FN2O9. The molecule has 0 spiro atoms. The van der Waals surface area contributed by atoms with E-state index in [1.54, 1.807) is 24.3 Å². The lowest BCUT2D eigenvalue weighted by molar-refractivity contribution is -0.255. The van der Waals surface area contributed by atoms with E-state index < -0.39 is 30.1 Å². The van der Waals surface area contributed by atoms with E-state index in [-0.39, 0.29) is 56.4 Å². The Balaban J connectivity index is 1.41. The Morgan fingerprint density at radius 3 is 2.37 bits per heavy atom. The van der Waals surface area contributed by atoms with Gasteiger partial charge in [0.1, 0.15) is 30.0 Å². The van der Waals surface area contributed by atoms with Gasteiger partial charge in [0.25, 0.3) is 0 Å². The molecule has 67 heavy (non-hydrogen) atoms. The predicted octanol–water partition coefficient (Wildman–Crippen LogP) is 12.3. The molecule has 1 amide bonds. The average Bonchev–Trinajstić information content (AvgIpc) is 3.34. The van der Waals surface area contributed by atoms with E-state index in [1.807, 2.05) is 23.1 Å². The zero-order valence-electron chi connectivity index (χ0n) is 40.7. The van der Waals surface area contributed by atoms with Crippen molar-refractivity contribution in [1.82, 2.24) is 4.90 Å². The fourth-order valence-corrected chi connectivity index (χ4v) is 10.9. The number of aliphatic hydroxyl groups is 2. The molecule has 7 unspecified atom stereocenters. The number of nitrogens with zero attached hydrogens (tertiary/aromatic N) is 2. The van der Waals surface area contributed by atoms with Gasteiger partial charge in [-0.1, -0.05) is 120 Å². The Bertz CT molecular complexity index is 1870. The first-order valence-corrected chi connectivity index (χ1v) is 26.0. The van der Waals surface area contributed by atoms with Gasteiger partial charge in [-0.2, -0.15) is 0 Å². The van der Waals surface area contributed by atoms with Crippen LogP contribution in [0.2, 0.25) is 0 Å². The van der Waals surface area contributed by atoms with E-state index in [0.29, 0.717) is 56.1 Å². The molecule has 1 saturated heterocycles. The minimum absolute atomic E-state index is 0.0423. The van der Waals surface area contributed by atoms with Crippen LogP contribution in [0.5, 0.6) is 11.5 Å². The number of unbranched alkanes of at least 4 members (excludes halogenated alkanes) is 11. The highest BCUT2D eigenvalue weighted by molar-refractivity contribution is 6.03. The third-order valence-electron chi connectivity index (χ3n) is 14.2. The number of carbonyl (C=O) groups is 1. The maximum Gasteiger partial charge on any atom is 0.410 e. The molecule has 7 atom stereocenters. The van der Waals surface area contributed by atoms with Gasteiger partial charge in [-0.25, -0.2) is 9.18 Å². The summed E-state index contributed by atoms with van der Waals surface area (Å²) in [7, 11) is 0. The monoisotopic (exact) mass is 933 g/mol. The van der Waals surface area contributed by atoms with Crippen molar-refractivity contribution in [1.29, 1.82) is 0 Å². The van der Waals surface area contributed by atoms with Gasteiger partial charge >= 0.3 is 6.09 Å². The SMILES string of the molecule is C=CCOC12Oc3ccc(OCc4ccccc4F)cc3C3C(CCCCO)C(CCCCO)C=C(C(=NOC4CCCCO4)CC1N(CCC)C(=O)OCCCCCCCCCCCC)C32. The highest BCUT2D eigenvalue weighted by atomic mass is 19.1. The highest BCUT2D eigenvalue weighted by Crippen LogP contribution is 2.62. The number of hydrogen-bond acceptors (Lipinski definition) is 10. The minimum Gasteiger partial charge on any atom is -0.489 e. The number of halogens is 1. The van der Waals surface area contributed by atoms with E-state index in [4.69, 9.17) is 33.7 Å². The zero-order valence-corrected chi connectivity index (χ0v) is 40.7. The van der Waals surface area contributed by atoms with E-state index in [1.165, 1.54) is 51.0 Å². The summed E-state index contributed by atoms with van der Waals surface area (Å²) in [4.78, 5) is 22.8. The summed E-state index contributed by atoms with van der Waals surface area (Å²) >= 11 is 0. The van der Waals surface area contributed by atoms with Gasteiger partial charge < -0.3 is 38.7 Å². The second-order valence-electron chi connectivity index (χ2n) is 19.0. The third-order valence-corrected chi connectivity index (χ3v) is 14.2. The summed E-state index contributed by atoms with van der Waals surface area (Å²) in [5.41, 5.74) is 3.06. The number of benzene rings is 2. The predicted molar refractivity (Wildman–Crippen MR) is 261 cm³/mol. The van der Waals surface area contributed by atoms with Crippen LogP contribution in [0.3, 0.4) is 0 Å². The van der Waals surface area contributed by atoms with Gasteiger partial charge in [-0.05, 0) is 93.0 Å². The van der Waals surface area contributed by atoms with Crippen LogP contribution in [0.1, 0.15) is 166 Å². The van der Waals surface area contributed by atoms with Crippen LogP contribution < -0.4 is 9.47 Å². The van der Waals surface area contributed by atoms with Crippen molar-refractivity contribution in [3.8, 4) is 11.5 Å². The number of oxime groups is 1. The molecule has 2 fully saturated rings. The Kier molecular flexibility index (Phi) is 21.8. The fraction of sp³-hybridized carbons (Fsp3) is 0.673. The standard InChI is InChI=1S/C55H81FN2O9/c1-4-7-8-9-10-11-12-13-14-22-36-63-54(61)58(31-5-2)50-39-48(57-67-51-28-19-23-35-62-51)45-37-41(24-17-20-32-59)44(26-18-21-33-60)52-46-38-43(64-40-42-25-15-16-27-47(42)56)29-30-49(46)66-55(50,53(45)52)65-34-6-3/h6,15-16,25,27,29-30,37-38,41,44,50-53,59-60H,3-5,7-14,17-24,26,28,31-36,39-40H2,1-2H3. The smallest absolute Gasteiger partial charge is 0.410 e. The molecule has 0 radical (unpaired) electrons. The van der Waals surface area contributed by atoms with Crippen LogP contribution in [-0.4, -0.2) is 84.6 Å². The largest absolute Gasteiger partial charge is 0.489 e. The summed E-state index contributed by atoms with van der Waals surface area (Å²) in [6.07, 6.45) is 23.2. The maximum atomic E-state index is 14.8. The van der Waals surface area contributed by atoms with E-state index in [2.05, 4.69) is 26.5 Å². The van der Waals surface area contributed by atoms with Crippen molar-refractivity contribution in [3.63, 3.8) is 0 Å². The second kappa shape index (κ2) is 27.9. The fourth-order valence-electron chi connectivity index (χ4n) is 10.9. The van der Waals surface area contributed by atoms with E-state index >= 15 is 0 Å². The van der Waals surface area contributed by atoms with Crippen LogP contribution in [-0.2, 0) is 25.7 Å². The van der Waals surface area contributed by atoms with Crippen molar-refractivity contribution in [2.75, 3.05) is 39.6 Å². The van der Waals surface area contributed by atoms with Crippen molar-refractivity contribution in [3.05, 3.63) is 83.7 Å². The molecule has 2 heterocycles. The molecule has 2 aliphatic heterocycles. The number of amides is 1. The molecule has 2 aromatic carbocycles. The maximum absolute atomic E-state index is 14.8. The highest BCUT2D eigenvalue weighted by Gasteiger charge is 2.65. The molecular weight excluding hydrogens is 852 g/mol. The lowest BCUT2D eigenvalue weighted by Crippen LogP contribution is -2.70. The number of fused-ring (bicyclic) bond motifs is 2. The molecule has 1 saturated carbocycles. The van der Waals surface area contributed by atoms with Gasteiger partial charge in [0.2, 0.25) is 12.1 Å². The van der Waals surface area contributed by atoms with Gasteiger partial charge in [0, 0.05) is 49.6 Å². The molecule has 11 nitrogen and oxygen atoms in total. The van der Waals surface area contributed by atoms with Gasteiger partial charge in [0.15, 0.2) is 0 Å². The lowest BCUT2D eigenvalue weighted by Gasteiger charge is -2.60. The number of ether oxygens (including phenoxy) is 5. The molecule has 2 N–H and O–H groups in total. The first-order chi connectivity index (χ1) is 32.9. The average molecular weight is 933 g/mol. The normalized spacial score (nSPS) is 24.8. The Morgan fingerprint density at radius 1 is 0.925 bits per heavy atom. The summed E-state index contributed by atoms with van der Waals surface area (Å²) in [6, 6.07) is 11.7. The van der Waals surface area contributed by atoms with E-state index in [0.717, 1.165) is 81.1 Å². The Morgan fingerprint density at radius 2 is 1.67 bits per heavy atom. The number of hydrogen-bond donors (Lipinski definition) is 2. The Labute approximate surface area is 400 Å². The molecule has 2 aliphatic carbocycles. The van der Waals surface area contributed by atoms with Crippen molar-refractivity contribution in [2.45, 2.75) is 179 Å². The van der Waals surface area contributed by atoms with Crippen molar-refractivity contribution in [2.24, 2.45) is 22.9 Å². The summed E-state index contributed by atoms with van der Waals surface area (Å²) in [5.74, 6) is -1.12. The quantitative estimate of drug-likeness (QED) is 0.0447. The topological polar surface area (TPSA) is 129 Å². The van der Waals surface area contributed by atoms with Crippen LogP contribution in [0.4, 0.5) is 9.18 Å². The van der Waals surface area contributed by atoms with Gasteiger partial charge in [-0.15, -0.1) is 6.58 Å². The molecule has 4 aliphatic rings. The van der Waals surface area contributed by atoms with Crippen LogP contribution in [0.15, 0.2) is 71.9 Å². The number of aliphatic hydroxyl groups excluding tert-OH is 2. The Hall–Kier alpha value is -3.97. The third kappa shape index (κ3) is 14.1. The van der Waals surface area contributed by atoms with E-state index in [9.17, 15) is 19.4 Å². The summed E-state index contributed by atoms with van der Waals surface area (Å²) < 4.78 is 47.9. The first-order valence-electron chi connectivity index (χ1n) is 26.0. The van der Waals surface area contributed by atoms with Crippen LogP contribution >= 0.6 is 0 Å². The number of rotatable bonds is 30. The first kappa shape index (κ1) is 52.4. The summed E-state index contributed by atoms with van der Waals surface area (Å²) in [5, 5.41) is 24.9. The van der Waals surface area contributed by atoms with Crippen LogP contribution in [0, 0.1) is 23.6 Å². The van der Waals surface area contributed by atoms with Crippen molar-refractivity contribution >= 4 is 11.8 Å². The minimum atomic E-state index is -1.40. The molecule has 6 rings (SSSR count). The molecule has 0 aromatic heterocycles. The molecule has 12 heteroatoms. The summed E-state index contributed by atoms with van der Waals surface area (Å²) in [6.45, 7) is 10.1. The molecule has 2 aromatic rings.